The highest BCUT2D eigenvalue weighted by Crippen LogP contribution is 2.40. The zero-order valence-electron chi connectivity index (χ0n) is 46.8. The van der Waals surface area contributed by atoms with Gasteiger partial charge in [0, 0.05) is 93.4 Å². The van der Waals surface area contributed by atoms with E-state index in [0.29, 0.717) is 38.9 Å². The van der Waals surface area contributed by atoms with E-state index in [-0.39, 0.29) is 37.4 Å². The van der Waals surface area contributed by atoms with Crippen LogP contribution in [0.4, 0.5) is 0 Å². The molecule has 424 valence electrons. The average Bonchev–Trinajstić information content (AvgIpc) is 4.06. The number of rotatable bonds is 14. The average molecular weight is 1070 g/mol. The van der Waals surface area contributed by atoms with Crippen molar-refractivity contribution in [2.24, 2.45) is 22.9 Å². The summed E-state index contributed by atoms with van der Waals surface area (Å²) >= 11 is 0. The molecule has 0 amide bonds. The summed E-state index contributed by atoms with van der Waals surface area (Å²) in [5.74, 6) is -2.80. The lowest BCUT2D eigenvalue weighted by Gasteiger charge is -2.49. The number of hydrogen-bond donors (Lipinski definition) is 5. The van der Waals surface area contributed by atoms with E-state index >= 15 is 0 Å². The van der Waals surface area contributed by atoms with Gasteiger partial charge in [0.1, 0.15) is 30.0 Å². The molecule has 5 N–H and O–H groups in total. The van der Waals surface area contributed by atoms with E-state index in [0.717, 1.165) is 28.2 Å². The highest BCUT2D eigenvalue weighted by atomic mass is 16.7. The lowest BCUT2D eigenvalue weighted by molar-refractivity contribution is -0.318. The third kappa shape index (κ3) is 13.7. The van der Waals surface area contributed by atoms with Crippen LogP contribution in [0.3, 0.4) is 0 Å². The second-order valence-corrected chi connectivity index (χ2v) is 23.0. The molecule has 0 saturated carbocycles. The van der Waals surface area contributed by atoms with Crippen LogP contribution in [0.25, 0.3) is 11.3 Å². The number of aromatic nitrogens is 5. The zero-order valence-corrected chi connectivity index (χ0v) is 46.8. The summed E-state index contributed by atoms with van der Waals surface area (Å²) in [5.41, 5.74) is -0.337. The minimum atomic E-state index is -1.84. The molecule has 3 saturated heterocycles. The monoisotopic (exact) mass is 1070 g/mol. The summed E-state index contributed by atoms with van der Waals surface area (Å²) in [6, 6.07) is 6.76. The number of ether oxygens (including phenoxy) is 6. The molecule has 4 aliphatic heterocycles. The Balaban J connectivity index is 1.07. The molecule has 3 fully saturated rings. The Hall–Kier alpha value is -4.10. The SMILES string of the molecule is CC[C@H]1OC(=O)[C@H](C)[C@@H](O[C@H]2C[C@@](C)(OC)[C@@H](O)[C@H](C)O2)[C@H](C)[C@@H](O[C@@H]2O[C@H](C)C[C@H](N(C)CCc3cn(C[C@H]4CC(c5ccc(-c6cccnc6)nc5)=NO4)nn3)[C@H]2O)[C@](C)(O)C[C@@H](C)CN(C)[C@H](C)[C@@H](O)[C@]1(C)O. The summed E-state index contributed by atoms with van der Waals surface area (Å²) in [4.78, 5) is 33.1. The number of cyclic esters (lactones) is 1. The Morgan fingerprint density at radius 1 is 0.947 bits per heavy atom. The van der Waals surface area contributed by atoms with Crippen molar-refractivity contribution in [1.82, 2.24) is 34.8 Å². The second-order valence-electron chi connectivity index (χ2n) is 23.0. The van der Waals surface area contributed by atoms with E-state index in [1.807, 2.05) is 70.2 Å². The highest BCUT2D eigenvalue weighted by Gasteiger charge is 2.53. The molecule has 3 aromatic heterocycles. The largest absolute Gasteiger partial charge is 0.459 e. The zero-order chi connectivity index (χ0) is 55.4. The van der Waals surface area contributed by atoms with Crippen LogP contribution in [0.1, 0.15) is 113 Å². The van der Waals surface area contributed by atoms with Crippen molar-refractivity contribution in [3.63, 3.8) is 0 Å². The number of aliphatic hydroxyl groups excluding tert-OH is 3. The van der Waals surface area contributed by atoms with Gasteiger partial charge in [-0.3, -0.25) is 14.8 Å². The molecule has 7 rings (SSSR count). The smallest absolute Gasteiger partial charge is 0.311 e. The number of likely N-dealkylation sites (N-methyl/N-ethyl adjacent to an activating group) is 2. The molecule has 4 aliphatic rings. The summed E-state index contributed by atoms with van der Waals surface area (Å²) in [7, 11) is 5.28. The van der Waals surface area contributed by atoms with E-state index in [1.165, 1.54) is 14.0 Å². The number of carbonyl (C=O) groups excluding carboxylic acids is 1. The van der Waals surface area contributed by atoms with Crippen molar-refractivity contribution < 1.29 is 63.6 Å². The Labute approximate surface area is 448 Å². The van der Waals surface area contributed by atoms with Crippen LogP contribution in [0.2, 0.25) is 0 Å². The fourth-order valence-electron chi connectivity index (χ4n) is 11.8. The van der Waals surface area contributed by atoms with Gasteiger partial charge in [-0.2, -0.15) is 0 Å². The molecule has 76 heavy (non-hydrogen) atoms. The standard InChI is InChI=1S/C55H86N8O13/c1-14-44-55(10,69)48(65)35(6)62(12)28-31(2)24-53(8,68)50(33(4)47(34(5)51(67)73-44)74-45-25-54(9,70-13)49(66)36(7)72-45)75-52-46(64)43(22-32(3)71-52)61(11)21-19-39-29-63(60-58-39)30-40-23-42(59-76-40)38-17-18-41(57-27-38)37-16-15-20-56-26-37/h15-18,20,26-27,29,31-36,40,43-50,52,64-66,68-69H,14,19,21-25,28,30H2,1-13H3/t31-,32-,33+,34-,35-,36+,40-,43+,44-,45+,46-,47+,48-,49+,50-,52+,53-,54-,55-/m1/s1. The van der Waals surface area contributed by atoms with Gasteiger partial charge in [0.05, 0.1) is 65.2 Å². The number of pyridine rings is 2. The van der Waals surface area contributed by atoms with Crippen molar-refractivity contribution in [2.45, 2.75) is 211 Å². The Bertz CT molecular complexity index is 2360. The first-order valence-corrected chi connectivity index (χ1v) is 27.1. The molecule has 19 atom stereocenters. The first kappa shape index (κ1) is 59.6. The van der Waals surface area contributed by atoms with Crippen molar-refractivity contribution >= 4 is 11.7 Å². The van der Waals surface area contributed by atoms with Gasteiger partial charge in [-0.15, -0.1) is 5.10 Å². The minimum Gasteiger partial charge on any atom is -0.459 e. The van der Waals surface area contributed by atoms with Crippen LogP contribution in [0.5, 0.6) is 0 Å². The Kier molecular flexibility index (Phi) is 19.5. The van der Waals surface area contributed by atoms with Crippen molar-refractivity contribution in [1.29, 1.82) is 0 Å². The Morgan fingerprint density at radius 3 is 2.37 bits per heavy atom. The number of aliphatic hydroxyl groups is 5. The van der Waals surface area contributed by atoms with Crippen LogP contribution in [-0.4, -0.2) is 203 Å². The van der Waals surface area contributed by atoms with Crippen molar-refractivity contribution in [3.05, 3.63) is 60.3 Å². The summed E-state index contributed by atoms with van der Waals surface area (Å²) in [6.07, 6.45) is -1.06. The third-order valence-electron chi connectivity index (χ3n) is 16.6. The molecule has 0 aromatic carbocycles. The number of carbonyl (C=O) groups is 1. The molecule has 21 nitrogen and oxygen atoms in total. The fraction of sp³-hybridized carbons (Fsp3) is 0.745. The molecule has 0 aliphatic carbocycles. The molecular weight excluding hydrogens is 981 g/mol. The van der Waals surface area contributed by atoms with Gasteiger partial charge in [0.25, 0.3) is 0 Å². The molecular formula is C55H86N8O13. The molecule has 3 aromatic rings. The molecule has 0 spiro atoms. The van der Waals surface area contributed by atoms with Crippen LogP contribution in [0.15, 0.2) is 54.2 Å². The third-order valence-corrected chi connectivity index (χ3v) is 16.6. The number of oxime groups is 1. The predicted molar refractivity (Wildman–Crippen MR) is 280 cm³/mol. The lowest BCUT2D eigenvalue weighted by atomic mass is 9.77. The molecule has 0 bridgehead atoms. The van der Waals surface area contributed by atoms with Crippen LogP contribution >= 0.6 is 0 Å². The van der Waals surface area contributed by atoms with E-state index in [4.69, 9.17) is 33.3 Å². The first-order valence-electron chi connectivity index (χ1n) is 27.1. The van der Waals surface area contributed by atoms with E-state index in [1.54, 1.807) is 64.8 Å². The topological polar surface area (TPSA) is 258 Å². The van der Waals surface area contributed by atoms with E-state index in [9.17, 15) is 30.3 Å². The number of nitrogens with zero attached hydrogens (tertiary/aromatic N) is 8. The van der Waals surface area contributed by atoms with Crippen LogP contribution in [0, 0.1) is 17.8 Å². The molecule has 7 heterocycles. The summed E-state index contributed by atoms with van der Waals surface area (Å²) in [6.45, 7) is 19.0. The number of esters is 1. The summed E-state index contributed by atoms with van der Waals surface area (Å²) < 4.78 is 40.1. The normalized spacial score (nSPS) is 39.5. The maximum absolute atomic E-state index is 14.5. The highest BCUT2D eigenvalue weighted by molar-refractivity contribution is 6.01. The summed E-state index contributed by atoms with van der Waals surface area (Å²) in [5, 5.41) is 73.0. The lowest BCUT2D eigenvalue weighted by Crippen LogP contribution is -2.61. The van der Waals surface area contributed by atoms with Gasteiger partial charge in [-0.1, -0.05) is 31.1 Å². The fourth-order valence-corrected chi connectivity index (χ4v) is 11.8. The van der Waals surface area contributed by atoms with Crippen LogP contribution < -0.4 is 0 Å². The van der Waals surface area contributed by atoms with Crippen LogP contribution in [-0.2, 0) is 51.0 Å². The van der Waals surface area contributed by atoms with Gasteiger partial charge < -0.3 is 68.6 Å². The number of hydrogen-bond acceptors (Lipinski definition) is 20. The molecule has 0 radical (unpaired) electrons. The maximum atomic E-state index is 14.5. The predicted octanol–water partition coefficient (Wildman–Crippen LogP) is 3.76. The van der Waals surface area contributed by atoms with Crippen molar-refractivity contribution in [3.8, 4) is 11.3 Å². The van der Waals surface area contributed by atoms with Gasteiger partial charge in [-0.25, -0.2) is 4.68 Å². The maximum Gasteiger partial charge on any atom is 0.311 e. The van der Waals surface area contributed by atoms with E-state index in [2.05, 4.69) is 30.3 Å². The van der Waals surface area contributed by atoms with Gasteiger partial charge in [0.2, 0.25) is 0 Å². The Morgan fingerprint density at radius 2 is 1.70 bits per heavy atom. The minimum absolute atomic E-state index is 0.0982. The molecule has 0 unspecified atom stereocenters. The van der Waals surface area contributed by atoms with Crippen molar-refractivity contribution in [2.75, 3.05) is 34.3 Å². The first-order chi connectivity index (χ1) is 35.8. The molecule has 21 heteroatoms. The second kappa shape index (κ2) is 24.9. The quantitative estimate of drug-likeness (QED) is 0.144. The van der Waals surface area contributed by atoms with Gasteiger partial charge in [-0.05, 0) is 112 Å². The van der Waals surface area contributed by atoms with Gasteiger partial charge in [0.15, 0.2) is 18.7 Å². The van der Waals surface area contributed by atoms with Gasteiger partial charge >= 0.3 is 5.97 Å². The van der Waals surface area contributed by atoms with E-state index < -0.39 is 102 Å². The number of methoxy groups -OCH3 is 1.